The number of carbonyl (C=O) groups is 4. The van der Waals surface area contributed by atoms with Gasteiger partial charge in [0.15, 0.2) is 5.78 Å². The number of Topliss-reactive ketones (excluding diaryl/α,β-unsaturated/α-hetero) is 1. The largest absolute Gasteiger partial charge is 0.481 e. The molecule has 8 atom stereocenters. The van der Waals surface area contributed by atoms with Crippen LogP contribution in [0.25, 0.3) is 0 Å². The summed E-state index contributed by atoms with van der Waals surface area (Å²) in [6, 6.07) is 8.37. The van der Waals surface area contributed by atoms with Gasteiger partial charge in [0.25, 0.3) is 0 Å². The Morgan fingerprint density at radius 2 is 1.53 bits per heavy atom. The van der Waals surface area contributed by atoms with Crippen LogP contribution in [-0.4, -0.2) is 39.7 Å². The number of amides is 1. The predicted molar refractivity (Wildman–Crippen MR) is 196 cm³/mol. The lowest BCUT2D eigenvalue weighted by molar-refractivity contribution is -0.233. The third-order valence-corrected chi connectivity index (χ3v) is 16.3. The van der Waals surface area contributed by atoms with Crippen LogP contribution in [0.15, 0.2) is 35.4 Å². The van der Waals surface area contributed by atoms with E-state index in [9.17, 15) is 24.3 Å². The van der Waals surface area contributed by atoms with E-state index in [1.165, 1.54) is 16.7 Å². The van der Waals surface area contributed by atoms with E-state index in [1.54, 1.807) is 13.8 Å². The number of esters is 1. The first-order chi connectivity index (χ1) is 23.7. The number of hydrogen-bond donors (Lipinski definition) is 1. The Morgan fingerprint density at radius 1 is 0.882 bits per heavy atom. The highest BCUT2D eigenvalue weighted by Crippen LogP contribution is 2.77. The molecule has 7 rings (SSSR count). The van der Waals surface area contributed by atoms with Crippen molar-refractivity contribution in [2.75, 3.05) is 0 Å². The summed E-state index contributed by atoms with van der Waals surface area (Å²) in [4.78, 5) is 55.9. The molecule has 4 fully saturated rings. The second-order valence-electron chi connectivity index (χ2n) is 19.9. The van der Waals surface area contributed by atoms with E-state index in [-0.39, 0.29) is 57.7 Å². The first-order valence-corrected chi connectivity index (χ1v) is 19.8. The van der Waals surface area contributed by atoms with Crippen LogP contribution < -0.4 is 0 Å². The summed E-state index contributed by atoms with van der Waals surface area (Å²) in [6.07, 6.45) is 7.55. The Labute approximate surface area is 305 Å². The standard InChI is InChI=1S/C44H61NO6/c1-26(2)35-30(46)22-44(37(48)45-24-27-12-10-11-13-28(27)25-45)21-20-42(8)29(36(35)44)14-15-32-41(7)18-17-33(51-34(47)23-39(3,4)38(49)50)40(5,6)31(41)16-19-43(32,42)9/h10-13,26,29,31-33H,14-25H2,1-9H3,(H,49,50)/t29?,31?,32?,33-,41-,42+,43+,44+/m0/s1. The van der Waals surface area contributed by atoms with Crippen LogP contribution in [-0.2, 0) is 37.0 Å². The number of ketones is 1. The third kappa shape index (κ3) is 5.08. The van der Waals surface area contributed by atoms with Crippen LogP contribution in [0.1, 0.15) is 138 Å². The number of nitrogens with zero attached hydrogens (tertiary/aromatic N) is 1. The molecule has 0 bridgehead atoms. The molecule has 0 radical (unpaired) electrons. The molecule has 1 heterocycles. The number of ether oxygens (including phenoxy) is 1. The maximum Gasteiger partial charge on any atom is 0.309 e. The molecule has 5 aliphatic carbocycles. The molecular formula is C44H61NO6. The zero-order valence-corrected chi connectivity index (χ0v) is 32.6. The Kier molecular flexibility index (Phi) is 8.40. The van der Waals surface area contributed by atoms with Gasteiger partial charge in [0, 0.05) is 24.9 Å². The average molecular weight is 700 g/mol. The number of allylic oxidation sites excluding steroid dienone is 1. The highest BCUT2D eigenvalue weighted by Gasteiger charge is 2.71. The molecule has 1 aromatic rings. The lowest BCUT2D eigenvalue weighted by Gasteiger charge is -2.72. The topological polar surface area (TPSA) is 101 Å². The number of rotatable bonds is 6. The normalized spacial score (nSPS) is 38.4. The van der Waals surface area contributed by atoms with Crippen molar-refractivity contribution in [1.82, 2.24) is 4.90 Å². The predicted octanol–water partition coefficient (Wildman–Crippen LogP) is 8.92. The van der Waals surface area contributed by atoms with Crippen molar-refractivity contribution >= 4 is 23.6 Å². The van der Waals surface area contributed by atoms with Gasteiger partial charge in [-0.25, -0.2) is 0 Å². The lowest BCUT2D eigenvalue weighted by Crippen LogP contribution is -2.66. The lowest BCUT2D eigenvalue weighted by atomic mass is 9.33. The molecule has 0 spiro atoms. The summed E-state index contributed by atoms with van der Waals surface area (Å²) in [7, 11) is 0. The average Bonchev–Trinajstić information content (AvgIpc) is 3.61. The van der Waals surface area contributed by atoms with Gasteiger partial charge in [-0.05, 0) is 127 Å². The van der Waals surface area contributed by atoms with E-state index in [1.807, 2.05) is 4.90 Å². The van der Waals surface area contributed by atoms with E-state index >= 15 is 0 Å². The van der Waals surface area contributed by atoms with Crippen molar-refractivity contribution in [2.45, 2.75) is 146 Å². The van der Waals surface area contributed by atoms with Crippen LogP contribution in [0.3, 0.4) is 0 Å². The number of aliphatic carboxylic acids is 1. The molecule has 7 nitrogen and oxygen atoms in total. The van der Waals surface area contributed by atoms with E-state index in [2.05, 4.69) is 72.7 Å². The van der Waals surface area contributed by atoms with Crippen LogP contribution >= 0.6 is 0 Å². The van der Waals surface area contributed by atoms with Gasteiger partial charge in [0.05, 0.1) is 17.3 Å². The molecule has 0 aromatic heterocycles. The van der Waals surface area contributed by atoms with Crippen LogP contribution in [0, 0.1) is 56.2 Å². The summed E-state index contributed by atoms with van der Waals surface area (Å²) in [6.45, 7) is 20.8. The SMILES string of the molecule is CC(C)C1=C2C3CCC4[C@@]5(C)CC[C@H](OC(=O)CC(C)(C)C(=O)O)C(C)(C)C5CC[C@@]4(C)[C@]3(C)CC[C@@]2(C(=O)N2Cc3ccccc3C2)CC1=O. The van der Waals surface area contributed by atoms with Gasteiger partial charge in [-0.2, -0.15) is 0 Å². The monoisotopic (exact) mass is 699 g/mol. The summed E-state index contributed by atoms with van der Waals surface area (Å²) < 4.78 is 6.17. The van der Waals surface area contributed by atoms with Crippen LogP contribution in [0.2, 0.25) is 0 Å². The van der Waals surface area contributed by atoms with Crippen molar-refractivity contribution < 1.29 is 29.0 Å². The van der Waals surface area contributed by atoms with Gasteiger partial charge in [0.1, 0.15) is 6.10 Å². The van der Waals surface area contributed by atoms with Crippen molar-refractivity contribution in [2.24, 2.45) is 56.2 Å². The maximum atomic E-state index is 14.9. The molecule has 51 heavy (non-hydrogen) atoms. The van der Waals surface area contributed by atoms with Crippen molar-refractivity contribution in [3.8, 4) is 0 Å². The van der Waals surface area contributed by atoms with Crippen molar-refractivity contribution in [3.05, 3.63) is 46.5 Å². The fraction of sp³-hybridized carbons (Fsp3) is 0.727. The molecule has 1 amide bonds. The van der Waals surface area contributed by atoms with E-state index in [0.717, 1.165) is 56.9 Å². The van der Waals surface area contributed by atoms with E-state index < -0.39 is 22.8 Å². The molecule has 3 unspecified atom stereocenters. The Bertz CT molecular complexity index is 1680. The number of carbonyl (C=O) groups excluding carboxylic acids is 3. The van der Waals surface area contributed by atoms with Gasteiger partial charge in [-0.3, -0.25) is 19.2 Å². The first kappa shape index (κ1) is 36.4. The summed E-state index contributed by atoms with van der Waals surface area (Å²) in [5.74, 6) is 0.0750. The number of carboxylic acid groups (broad SMARTS) is 1. The smallest absolute Gasteiger partial charge is 0.309 e. The van der Waals surface area contributed by atoms with E-state index in [4.69, 9.17) is 4.74 Å². The van der Waals surface area contributed by atoms with Crippen molar-refractivity contribution in [3.63, 3.8) is 0 Å². The summed E-state index contributed by atoms with van der Waals surface area (Å²) in [5, 5.41) is 9.61. The Balaban J connectivity index is 1.19. The minimum absolute atomic E-state index is 0.0338. The van der Waals surface area contributed by atoms with Gasteiger partial charge >= 0.3 is 11.9 Å². The molecule has 7 heteroatoms. The highest BCUT2D eigenvalue weighted by molar-refractivity contribution is 6.07. The highest BCUT2D eigenvalue weighted by atomic mass is 16.5. The molecule has 278 valence electrons. The first-order valence-electron chi connectivity index (χ1n) is 19.8. The Morgan fingerprint density at radius 3 is 2.14 bits per heavy atom. The fourth-order valence-electron chi connectivity index (χ4n) is 13.5. The fourth-order valence-corrected chi connectivity index (χ4v) is 13.5. The quantitative estimate of drug-likeness (QED) is 0.298. The van der Waals surface area contributed by atoms with Crippen molar-refractivity contribution in [1.29, 1.82) is 0 Å². The molecular weight excluding hydrogens is 638 g/mol. The Hall–Kier alpha value is -2.96. The molecule has 0 saturated heterocycles. The minimum Gasteiger partial charge on any atom is -0.481 e. The number of fused-ring (bicyclic) bond motifs is 8. The summed E-state index contributed by atoms with van der Waals surface area (Å²) in [5.41, 5.74) is 2.50. The van der Waals surface area contributed by atoms with Gasteiger partial charge in [0.2, 0.25) is 5.91 Å². The van der Waals surface area contributed by atoms with Gasteiger partial charge in [-0.1, -0.05) is 72.7 Å². The number of carboxylic acids is 1. The van der Waals surface area contributed by atoms with Crippen LogP contribution in [0.5, 0.6) is 0 Å². The molecule has 1 aliphatic heterocycles. The van der Waals surface area contributed by atoms with Crippen LogP contribution in [0.4, 0.5) is 0 Å². The third-order valence-electron chi connectivity index (χ3n) is 16.3. The maximum absolute atomic E-state index is 14.9. The number of hydrogen-bond acceptors (Lipinski definition) is 5. The second-order valence-corrected chi connectivity index (χ2v) is 19.9. The van der Waals surface area contributed by atoms with Gasteiger partial charge < -0.3 is 14.7 Å². The zero-order valence-electron chi connectivity index (χ0n) is 32.6. The molecule has 6 aliphatic rings. The zero-order chi connectivity index (χ0) is 37.1. The molecule has 1 N–H and O–H groups in total. The van der Waals surface area contributed by atoms with E-state index in [0.29, 0.717) is 31.3 Å². The number of benzene rings is 1. The minimum atomic E-state index is -1.17. The second kappa shape index (κ2) is 11.8. The summed E-state index contributed by atoms with van der Waals surface area (Å²) >= 11 is 0. The van der Waals surface area contributed by atoms with Gasteiger partial charge in [-0.15, -0.1) is 0 Å². The molecule has 4 saturated carbocycles. The molecule has 1 aromatic carbocycles.